The van der Waals surface area contributed by atoms with E-state index in [4.69, 9.17) is 9.84 Å². The zero-order valence-corrected chi connectivity index (χ0v) is 10.4. The van der Waals surface area contributed by atoms with Crippen LogP contribution in [0.5, 0.6) is 5.75 Å². The smallest absolute Gasteiger partial charge is 0.165 e. The molecule has 0 aliphatic heterocycles. The Kier molecular flexibility index (Phi) is 4.16. The highest BCUT2D eigenvalue weighted by Gasteiger charge is 2.05. The van der Waals surface area contributed by atoms with Gasteiger partial charge in [0.05, 0.1) is 5.69 Å². The molecule has 2 rings (SSSR count). The summed E-state index contributed by atoms with van der Waals surface area (Å²) >= 11 is 0. The Labute approximate surface area is 110 Å². The highest BCUT2D eigenvalue weighted by atomic mass is 19.1. The van der Waals surface area contributed by atoms with Gasteiger partial charge in [0.15, 0.2) is 11.6 Å². The van der Waals surface area contributed by atoms with Crippen LogP contribution in [0.2, 0.25) is 0 Å². The molecule has 0 atom stereocenters. The largest absolute Gasteiger partial charge is 0.484 e. The normalized spacial score (nSPS) is 9.84. The first kappa shape index (κ1) is 13.1. The first-order valence-electron chi connectivity index (χ1n) is 5.69. The number of benzene rings is 1. The van der Waals surface area contributed by atoms with Crippen molar-refractivity contribution in [1.82, 2.24) is 9.78 Å². The summed E-state index contributed by atoms with van der Waals surface area (Å²) in [6.45, 7) is -0.0455. The predicted molar refractivity (Wildman–Crippen MR) is 67.9 cm³/mol. The van der Waals surface area contributed by atoms with Crippen LogP contribution in [0.25, 0.3) is 0 Å². The van der Waals surface area contributed by atoms with Crippen molar-refractivity contribution in [2.75, 3.05) is 6.61 Å². The molecule has 98 valence electrons. The maximum absolute atomic E-state index is 13.6. The second kappa shape index (κ2) is 6.03. The van der Waals surface area contributed by atoms with E-state index in [2.05, 4.69) is 16.9 Å². The topological polar surface area (TPSA) is 47.3 Å². The van der Waals surface area contributed by atoms with Gasteiger partial charge in [0.2, 0.25) is 0 Å². The van der Waals surface area contributed by atoms with Crippen LogP contribution in [0.1, 0.15) is 11.3 Å². The Morgan fingerprint density at radius 2 is 2.26 bits per heavy atom. The van der Waals surface area contributed by atoms with Crippen LogP contribution in [-0.4, -0.2) is 21.5 Å². The maximum atomic E-state index is 13.6. The van der Waals surface area contributed by atoms with Crippen molar-refractivity contribution in [2.24, 2.45) is 7.05 Å². The molecular weight excluding hydrogens is 247 g/mol. The minimum atomic E-state index is -0.453. The van der Waals surface area contributed by atoms with Crippen molar-refractivity contribution in [3.05, 3.63) is 47.5 Å². The van der Waals surface area contributed by atoms with E-state index in [1.165, 1.54) is 18.2 Å². The fourth-order valence-corrected chi connectivity index (χ4v) is 1.53. The average molecular weight is 260 g/mol. The summed E-state index contributed by atoms with van der Waals surface area (Å²) in [6.07, 6.45) is 1.79. The zero-order valence-electron chi connectivity index (χ0n) is 10.4. The van der Waals surface area contributed by atoms with E-state index in [1.54, 1.807) is 24.0 Å². The lowest BCUT2D eigenvalue weighted by molar-refractivity contribution is 0.285. The lowest BCUT2D eigenvalue weighted by atomic mass is 10.2. The minimum Gasteiger partial charge on any atom is -0.484 e. The van der Waals surface area contributed by atoms with E-state index in [0.29, 0.717) is 11.3 Å². The first-order valence-corrected chi connectivity index (χ1v) is 5.69. The highest BCUT2D eigenvalue weighted by Crippen LogP contribution is 2.19. The summed E-state index contributed by atoms with van der Waals surface area (Å²) in [5, 5.41) is 12.8. The number of aliphatic hydroxyl groups is 1. The van der Waals surface area contributed by atoms with E-state index in [0.717, 1.165) is 0 Å². The van der Waals surface area contributed by atoms with Gasteiger partial charge in [-0.3, -0.25) is 4.68 Å². The molecule has 2 aromatic rings. The van der Waals surface area contributed by atoms with E-state index >= 15 is 0 Å². The number of ether oxygens (including phenoxy) is 1. The van der Waals surface area contributed by atoms with Gasteiger partial charge in [-0.15, -0.1) is 0 Å². The third-order valence-corrected chi connectivity index (χ3v) is 2.39. The molecule has 1 aromatic carbocycles. The van der Waals surface area contributed by atoms with Gasteiger partial charge in [-0.2, -0.15) is 5.10 Å². The molecule has 1 N–H and O–H groups in total. The van der Waals surface area contributed by atoms with Crippen LogP contribution in [0.15, 0.2) is 30.5 Å². The van der Waals surface area contributed by atoms with Gasteiger partial charge in [0.25, 0.3) is 0 Å². The molecule has 0 unspecified atom stereocenters. The average Bonchev–Trinajstić information content (AvgIpc) is 2.82. The second-order valence-electron chi connectivity index (χ2n) is 3.87. The monoisotopic (exact) mass is 260 g/mol. The molecule has 0 fully saturated rings. The highest BCUT2D eigenvalue weighted by molar-refractivity contribution is 5.40. The van der Waals surface area contributed by atoms with Gasteiger partial charge in [0, 0.05) is 18.8 Å². The second-order valence-corrected chi connectivity index (χ2v) is 3.87. The molecule has 0 aliphatic rings. The molecular formula is C14H13FN2O2. The molecule has 1 heterocycles. The molecule has 4 nitrogen and oxygen atoms in total. The standard InChI is InChI=1S/C14H13FN2O2/c1-17-7-6-12(16-17)10-19-14-9-11(3-2-8-18)4-5-13(14)15/h4-7,9,18H,8,10H2,1H3. The van der Waals surface area contributed by atoms with Gasteiger partial charge >= 0.3 is 0 Å². The fraction of sp³-hybridized carbons (Fsp3) is 0.214. The van der Waals surface area contributed by atoms with Crippen LogP contribution in [0, 0.1) is 17.7 Å². The van der Waals surface area contributed by atoms with Crippen LogP contribution in [0.4, 0.5) is 4.39 Å². The van der Waals surface area contributed by atoms with Crippen molar-refractivity contribution in [3.8, 4) is 17.6 Å². The Balaban J connectivity index is 2.10. The SMILES string of the molecule is Cn1ccc(COc2cc(C#CCO)ccc2F)n1. The molecule has 19 heavy (non-hydrogen) atoms. The molecule has 5 heteroatoms. The van der Waals surface area contributed by atoms with Crippen LogP contribution in [0.3, 0.4) is 0 Å². The third-order valence-electron chi connectivity index (χ3n) is 2.39. The summed E-state index contributed by atoms with van der Waals surface area (Å²) in [5.74, 6) is 4.87. The zero-order chi connectivity index (χ0) is 13.7. The fourth-order valence-electron chi connectivity index (χ4n) is 1.53. The number of aryl methyl sites for hydroxylation is 1. The molecule has 0 saturated heterocycles. The Morgan fingerprint density at radius 3 is 2.95 bits per heavy atom. The summed E-state index contributed by atoms with van der Waals surface area (Å²) in [4.78, 5) is 0. The van der Waals surface area contributed by atoms with Crippen molar-refractivity contribution in [2.45, 2.75) is 6.61 Å². The van der Waals surface area contributed by atoms with Crippen LogP contribution >= 0.6 is 0 Å². The van der Waals surface area contributed by atoms with E-state index in [1.807, 2.05) is 0 Å². The van der Waals surface area contributed by atoms with Crippen LogP contribution < -0.4 is 4.74 Å². The molecule has 0 amide bonds. The summed E-state index contributed by atoms with van der Waals surface area (Å²) in [5.41, 5.74) is 1.31. The third kappa shape index (κ3) is 3.57. The predicted octanol–water partition coefficient (Wildman–Crippen LogP) is 1.48. The van der Waals surface area contributed by atoms with E-state index < -0.39 is 5.82 Å². The minimum absolute atomic E-state index is 0.121. The number of hydrogen-bond acceptors (Lipinski definition) is 3. The lowest BCUT2D eigenvalue weighted by Gasteiger charge is -2.06. The van der Waals surface area contributed by atoms with Crippen molar-refractivity contribution >= 4 is 0 Å². The van der Waals surface area contributed by atoms with Gasteiger partial charge in [-0.1, -0.05) is 11.8 Å². The van der Waals surface area contributed by atoms with E-state index in [-0.39, 0.29) is 19.0 Å². The molecule has 0 saturated carbocycles. The number of aliphatic hydroxyl groups excluding tert-OH is 1. The van der Waals surface area contributed by atoms with Gasteiger partial charge < -0.3 is 9.84 Å². The molecule has 0 aliphatic carbocycles. The first-order chi connectivity index (χ1) is 9.19. The maximum Gasteiger partial charge on any atom is 0.165 e. The van der Waals surface area contributed by atoms with Gasteiger partial charge in [-0.25, -0.2) is 4.39 Å². The molecule has 0 radical (unpaired) electrons. The quantitative estimate of drug-likeness (QED) is 0.850. The molecule has 0 spiro atoms. The Hall–Kier alpha value is -2.32. The summed E-state index contributed by atoms with van der Waals surface area (Å²) in [6, 6.07) is 6.12. The summed E-state index contributed by atoms with van der Waals surface area (Å²) < 4.78 is 20.6. The van der Waals surface area contributed by atoms with Crippen molar-refractivity contribution < 1.29 is 14.2 Å². The number of aromatic nitrogens is 2. The molecule has 0 bridgehead atoms. The van der Waals surface area contributed by atoms with Crippen LogP contribution in [-0.2, 0) is 13.7 Å². The van der Waals surface area contributed by atoms with E-state index in [9.17, 15) is 4.39 Å². The van der Waals surface area contributed by atoms with Gasteiger partial charge in [-0.05, 0) is 24.3 Å². The Morgan fingerprint density at radius 1 is 1.42 bits per heavy atom. The number of rotatable bonds is 3. The number of nitrogens with zero attached hydrogens (tertiary/aromatic N) is 2. The number of halogens is 1. The molecule has 1 aromatic heterocycles. The van der Waals surface area contributed by atoms with Crippen molar-refractivity contribution in [1.29, 1.82) is 0 Å². The summed E-state index contributed by atoms with van der Waals surface area (Å²) in [7, 11) is 1.80. The Bertz CT molecular complexity index is 626. The lowest BCUT2D eigenvalue weighted by Crippen LogP contribution is -1.99. The van der Waals surface area contributed by atoms with Gasteiger partial charge in [0.1, 0.15) is 13.2 Å². The number of hydrogen-bond donors (Lipinski definition) is 1. The van der Waals surface area contributed by atoms with Crippen molar-refractivity contribution in [3.63, 3.8) is 0 Å².